The van der Waals surface area contributed by atoms with Crippen molar-refractivity contribution < 1.29 is 28.6 Å². The van der Waals surface area contributed by atoms with E-state index in [0.717, 1.165) is 5.75 Å². The van der Waals surface area contributed by atoms with Crippen LogP contribution >= 0.6 is 11.6 Å². The quantitative estimate of drug-likeness (QED) is 0.347. The Balaban J connectivity index is 1.51. The van der Waals surface area contributed by atoms with Gasteiger partial charge in [0.15, 0.2) is 13.2 Å². The number of carbonyl (C=O) groups is 3. The standard InChI is InChI=1S/C20H21ClN2O6/c21-15-8-10-17(11-9-15)28-13-18(24)22-23-19(25)14-29-20(26)7-4-12-27-16-5-2-1-3-6-16/h1-3,5-6,8-11H,4,7,12-14H2,(H,22,24)(H,23,25). The predicted octanol–water partition coefficient (Wildman–Crippen LogP) is 2.27. The van der Waals surface area contributed by atoms with Gasteiger partial charge in [-0.05, 0) is 42.8 Å². The van der Waals surface area contributed by atoms with E-state index in [1.807, 2.05) is 30.3 Å². The number of amides is 2. The lowest BCUT2D eigenvalue weighted by Gasteiger charge is -2.09. The molecule has 0 radical (unpaired) electrons. The summed E-state index contributed by atoms with van der Waals surface area (Å²) in [4.78, 5) is 34.8. The van der Waals surface area contributed by atoms with Gasteiger partial charge in [-0.25, -0.2) is 0 Å². The molecule has 0 fully saturated rings. The first-order valence-corrected chi connectivity index (χ1v) is 9.20. The number of hydrazine groups is 1. The minimum atomic E-state index is -0.668. The average molecular weight is 421 g/mol. The molecule has 9 heteroatoms. The summed E-state index contributed by atoms with van der Waals surface area (Å²) in [6.45, 7) is -0.450. The summed E-state index contributed by atoms with van der Waals surface area (Å²) in [6.07, 6.45) is 0.565. The maximum Gasteiger partial charge on any atom is 0.306 e. The Morgan fingerprint density at radius 3 is 2.10 bits per heavy atom. The van der Waals surface area contributed by atoms with E-state index in [1.54, 1.807) is 24.3 Å². The van der Waals surface area contributed by atoms with Gasteiger partial charge in [-0.2, -0.15) is 0 Å². The van der Waals surface area contributed by atoms with Crippen molar-refractivity contribution in [1.29, 1.82) is 0 Å². The summed E-state index contributed by atoms with van der Waals surface area (Å²) in [5.74, 6) is -0.595. The van der Waals surface area contributed by atoms with Crippen molar-refractivity contribution in [2.45, 2.75) is 12.8 Å². The molecule has 0 saturated heterocycles. The predicted molar refractivity (Wildman–Crippen MR) is 105 cm³/mol. The molecule has 2 N–H and O–H groups in total. The molecule has 2 aromatic carbocycles. The van der Waals surface area contributed by atoms with Gasteiger partial charge >= 0.3 is 5.97 Å². The second kappa shape index (κ2) is 12.2. The third kappa shape index (κ3) is 9.48. The van der Waals surface area contributed by atoms with E-state index in [1.165, 1.54) is 0 Å². The fourth-order valence-electron chi connectivity index (χ4n) is 2.03. The van der Waals surface area contributed by atoms with Crippen LogP contribution in [0.1, 0.15) is 12.8 Å². The number of ether oxygens (including phenoxy) is 3. The number of para-hydroxylation sites is 1. The molecule has 2 aromatic rings. The van der Waals surface area contributed by atoms with E-state index in [2.05, 4.69) is 10.9 Å². The molecule has 2 rings (SSSR count). The molecule has 0 unspecified atom stereocenters. The van der Waals surface area contributed by atoms with Gasteiger partial charge in [0.25, 0.3) is 11.8 Å². The summed E-state index contributed by atoms with van der Waals surface area (Å²) < 4.78 is 15.5. The molecule has 0 aromatic heterocycles. The lowest BCUT2D eigenvalue weighted by molar-refractivity contribution is -0.149. The molecular formula is C20H21ClN2O6. The molecule has 0 aliphatic heterocycles. The maximum absolute atomic E-state index is 11.6. The summed E-state index contributed by atoms with van der Waals surface area (Å²) in [5.41, 5.74) is 4.29. The number of nitrogens with one attached hydrogen (secondary N) is 2. The summed E-state index contributed by atoms with van der Waals surface area (Å²) in [7, 11) is 0. The minimum absolute atomic E-state index is 0.113. The number of carbonyl (C=O) groups excluding carboxylic acids is 3. The highest BCUT2D eigenvalue weighted by atomic mass is 35.5. The highest BCUT2D eigenvalue weighted by Crippen LogP contribution is 2.15. The van der Waals surface area contributed by atoms with E-state index in [4.69, 9.17) is 25.8 Å². The largest absolute Gasteiger partial charge is 0.494 e. The van der Waals surface area contributed by atoms with Crippen LogP contribution in [0.2, 0.25) is 5.02 Å². The van der Waals surface area contributed by atoms with Gasteiger partial charge in [-0.1, -0.05) is 29.8 Å². The van der Waals surface area contributed by atoms with Gasteiger partial charge in [0.05, 0.1) is 6.61 Å². The molecule has 0 saturated carbocycles. The number of hydrogen-bond acceptors (Lipinski definition) is 6. The van der Waals surface area contributed by atoms with Gasteiger partial charge in [-0.15, -0.1) is 0 Å². The van der Waals surface area contributed by atoms with Crippen LogP contribution in [0.25, 0.3) is 0 Å². The Kier molecular flexibility index (Phi) is 9.31. The van der Waals surface area contributed by atoms with Crippen LogP contribution in [0.3, 0.4) is 0 Å². The van der Waals surface area contributed by atoms with E-state index < -0.39 is 24.4 Å². The zero-order valence-electron chi connectivity index (χ0n) is 15.6. The average Bonchev–Trinajstić information content (AvgIpc) is 2.74. The lowest BCUT2D eigenvalue weighted by Crippen LogP contribution is -2.45. The SMILES string of the molecule is O=C(COC(=O)CCCOc1ccccc1)NNC(=O)COc1ccc(Cl)cc1. The van der Waals surface area contributed by atoms with E-state index in [9.17, 15) is 14.4 Å². The second-order valence-electron chi connectivity index (χ2n) is 5.76. The van der Waals surface area contributed by atoms with Gasteiger partial charge < -0.3 is 14.2 Å². The molecule has 0 aliphatic rings. The summed E-state index contributed by atoms with van der Waals surface area (Å²) in [5, 5.41) is 0.548. The third-order valence-electron chi connectivity index (χ3n) is 3.43. The van der Waals surface area contributed by atoms with Crippen LogP contribution in [0.5, 0.6) is 11.5 Å². The smallest absolute Gasteiger partial charge is 0.306 e. The fraction of sp³-hybridized carbons (Fsp3) is 0.250. The molecule has 0 atom stereocenters. The first kappa shape index (κ1) is 22.0. The Bertz CT molecular complexity index is 798. The van der Waals surface area contributed by atoms with Crippen LogP contribution in [0.4, 0.5) is 0 Å². The number of rotatable bonds is 10. The van der Waals surface area contributed by atoms with Crippen LogP contribution < -0.4 is 20.3 Å². The van der Waals surface area contributed by atoms with Crippen molar-refractivity contribution in [3.8, 4) is 11.5 Å². The third-order valence-corrected chi connectivity index (χ3v) is 3.68. The second-order valence-corrected chi connectivity index (χ2v) is 6.20. The number of halogens is 1. The number of benzene rings is 2. The molecular weight excluding hydrogens is 400 g/mol. The Labute approximate surface area is 173 Å². The van der Waals surface area contributed by atoms with Gasteiger partial charge in [-0.3, -0.25) is 25.2 Å². The Morgan fingerprint density at radius 1 is 0.793 bits per heavy atom. The van der Waals surface area contributed by atoms with Crippen molar-refractivity contribution in [1.82, 2.24) is 10.9 Å². The summed E-state index contributed by atoms with van der Waals surface area (Å²) >= 11 is 5.75. The minimum Gasteiger partial charge on any atom is -0.494 e. The van der Waals surface area contributed by atoms with Gasteiger partial charge in [0.1, 0.15) is 11.5 Å². The van der Waals surface area contributed by atoms with Crippen LogP contribution in [0.15, 0.2) is 54.6 Å². The van der Waals surface area contributed by atoms with Crippen molar-refractivity contribution in [3.63, 3.8) is 0 Å². The zero-order chi connectivity index (χ0) is 20.9. The van der Waals surface area contributed by atoms with E-state index in [0.29, 0.717) is 23.8 Å². The molecule has 154 valence electrons. The molecule has 0 spiro atoms. The van der Waals surface area contributed by atoms with Crippen LogP contribution in [0, 0.1) is 0 Å². The molecule has 2 amide bonds. The maximum atomic E-state index is 11.6. The normalized spacial score (nSPS) is 9.97. The first-order valence-electron chi connectivity index (χ1n) is 8.82. The van der Waals surface area contributed by atoms with E-state index >= 15 is 0 Å². The molecule has 8 nitrogen and oxygen atoms in total. The molecule has 0 aliphatic carbocycles. The molecule has 0 heterocycles. The monoisotopic (exact) mass is 420 g/mol. The first-order chi connectivity index (χ1) is 14.0. The Morgan fingerprint density at radius 2 is 1.41 bits per heavy atom. The number of esters is 1. The van der Waals surface area contributed by atoms with Crippen LogP contribution in [-0.4, -0.2) is 37.6 Å². The molecule has 0 bridgehead atoms. The highest BCUT2D eigenvalue weighted by Gasteiger charge is 2.09. The van der Waals surface area contributed by atoms with E-state index in [-0.39, 0.29) is 13.0 Å². The van der Waals surface area contributed by atoms with Gasteiger partial charge in [0.2, 0.25) is 0 Å². The number of hydrogen-bond donors (Lipinski definition) is 2. The van der Waals surface area contributed by atoms with Crippen molar-refractivity contribution in [2.75, 3.05) is 19.8 Å². The lowest BCUT2D eigenvalue weighted by atomic mass is 10.3. The van der Waals surface area contributed by atoms with Crippen LogP contribution in [-0.2, 0) is 19.1 Å². The Hall–Kier alpha value is -3.26. The molecule has 29 heavy (non-hydrogen) atoms. The van der Waals surface area contributed by atoms with Crippen molar-refractivity contribution in [2.24, 2.45) is 0 Å². The van der Waals surface area contributed by atoms with Crippen molar-refractivity contribution in [3.05, 3.63) is 59.6 Å². The highest BCUT2D eigenvalue weighted by molar-refractivity contribution is 6.30. The summed E-state index contributed by atoms with van der Waals surface area (Å²) in [6, 6.07) is 15.7. The van der Waals surface area contributed by atoms with Crippen molar-refractivity contribution >= 4 is 29.4 Å². The topological polar surface area (TPSA) is 103 Å². The van der Waals surface area contributed by atoms with Gasteiger partial charge in [0, 0.05) is 11.4 Å². The zero-order valence-corrected chi connectivity index (χ0v) is 16.3. The fourth-order valence-corrected chi connectivity index (χ4v) is 2.16.